The van der Waals surface area contributed by atoms with E-state index in [-0.39, 0.29) is 5.91 Å². The van der Waals surface area contributed by atoms with Crippen molar-refractivity contribution in [1.29, 1.82) is 0 Å². The maximum Gasteiger partial charge on any atom is 0.273 e. The number of benzene rings is 1. The number of carbonyl (C=O) groups excluding carboxylic acids is 1. The van der Waals surface area contributed by atoms with Gasteiger partial charge in [0.05, 0.1) is 11.1 Å². The van der Waals surface area contributed by atoms with Crippen LogP contribution in [0.1, 0.15) is 18.9 Å². The van der Waals surface area contributed by atoms with E-state index >= 15 is 0 Å². The zero-order valence-corrected chi connectivity index (χ0v) is 14.6. The topological polar surface area (TPSA) is 50.4 Å². The Labute approximate surface area is 139 Å². The van der Waals surface area contributed by atoms with E-state index in [1.54, 1.807) is 6.08 Å². The minimum Gasteiger partial charge on any atom is -0.492 e. The Morgan fingerprint density at radius 2 is 2.10 bits per heavy atom. The molecule has 1 aromatic rings. The molecule has 0 bridgehead atoms. The molecule has 2 rings (SSSR count). The molecule has 1 aliphatic heterocycles. The molecule has 0 spiro atoms. The summed E-state index contributed by atoms with van der Waals surface area (Å²) in [5, 5.41) is 5.66. The van der Waals surface area contributed by atoms with E-state index in [9.17, 15) is 4.79 Å². The number of thiocarbonyl (C=S) groups is 1. The summed E-state index contributed by atoms with van der Waals surface area (Å²) in [5.41, 5.74) is 1.20. The summed E-state index contributed by atoms with van der Waals surface area (Å²) in [5.74, 6) is 0.461. The van der Waals surface area contributed by atoms with Gasteiger partial charge in [-0.1, -0.05) is 22.9 Å². The molecule has 0 atom stereocenters. The molecule has 0 saturated carbocycles. The number of carbonyl (C=O) groups is 1. The minimum atomic E-state index is -0.243. The van der Waals surface area contributed by atoms with Crippen LogP contribution in [0.4, 0.5) is 0 Å². The van der Waals surface area contributed by atoms with E-state index in [1.807, 2.05) is 19.1 Å². The Morgan fingerprint density at radius 1 is 1.35 bits per heavy atom. The summed E-state index contributed by atoms with van der Waals surface area (Å²) < 4.78 is 7.46. The lowest BCUT2D eigenvalue weighted by Crippen LogP contribution is -2.21. The number of amides is 1. The summed E-state index contributed by atoms with van der Waals surface area (Å²) in [4.78, 5) is 11.7. The highest BCUT2D eigenvalue weighted by atomic mass is 79.9. The predicted molar refractivity (Wildman–Crippen MR) is 89.5 cm³/mol. The Morgan fingerprint density at radius 3 is 2.70 bits per heavy atom. The first kappa shape index (κ1) is 15.5. The number of halogens is 2. The Kier molecular flexibility index (Phi) is 5.17. The molecule has 7 heteroatoms. The van der Waals surface area contributed by atoms with Crippen LogP contribution in [-0.4, -0.2) is 17.6 Å². The molecule has 4 nitrogen and oxygen atoms in total. The molecule has 0 aromatic heterocycles. The molecule has 1 saturated heterocycles. The van der Waals surface area contributed by atoms with Gasteiger partial charge < -0.3 is 10.1 Å². The third-order valence-electron chi connectivity index (χ3n) is 2.51. The summed E-state index contributed by atoms with van der Waals surface area (Å²) in [7, 11) is 0. The van der Waals surface area contributed by atoms with Crippen LogP contribution in [0.3, 0.4) is 0 Å². The van der Waals surface area contributed by atoms with Gasteiger partial charge in [-0.05, 0) is 52.8 Å². The number of hydrogen-bond donors (Lipinski definition) is 2. The average Bonchev–Trinajstić information content (AvgIpc) is 2.66. The van der Waals surface area contributed by atoms with E-state index in [1.165, 1.54) is 0 Å². The van der Waals surface area contributed by atoms with Crippen LogP contribution in [-0.2, 0) is 4.79 Å². The second-order valence-electron chi connectivity index (χ2n) is 4.12. The standard InChI is InChI=1S/C13H12Br2N2O2S/c1-2-3-19-11-7(4-8(14)6-9(11)15)5-10-12(18)17-13(20)16-10/h4-6H,2-3H2,1H3,(H2,16,17,18,20). The fourth-order valence-corrected chi connectivity index (χ4v) is 3.26. The van der Waals surface area contributed by atoms with Crippen molar-refractivity contribution in [2.24, 2.45) is 0 Å². The first-order valence-corrected chi connectivity index (χ1v) is 7.96. The predicted octanol–water partition coefficient (Wildman–Crippen LogP) is 3.35. The molecule has 0 radical (unpaired) electrons. The molecule has 106 valence electrons. The molecular formula is C13H12Br2N2O2S. The second-order valence-corrected chi connectivity index (χ2v) is 6.30. The van der Waals surface area contributed by atoms with Crippen LogP contribution in [0, 0.1) is 0 Å². The SMILES string of the molecule is CCCOc1c(Br)cc(Br)cc1C=C1NC(=S)NC1=O. The Balaban J connectivity index is 2.41. The van der Waals surface area contributed by atoms with Crippen LogP contribution < -0.4 is 15.4 Å². The van der Waals surface area contributed by atoms with Crippen molar-refractivity contribution in [3.63, 3.8) is 0 Å². The van der Waals surface area contributed by atoms with Crippen molar-refractivity contribution >= 4 is 61.2 Å². The highest BCUT2D eigenvalue weighted by Gasteiger charge is 2.21. The molecule has 2 N–H and O–H groups in total. The van der Waals surface area contributed by atoms with Crippen LogP contribution in [0.15, 0.2) is 26.8 Å². The van der Waals surface area contributed by atoms with Gasteiger partial charge in [-0.3, -0.25) is 10.1 Å². The highest BCUT2D eigenvalue weighted by Crippen LogP contribution is 2.34. The molecule has 1 amide bonds. The van der Waals surface area contributed by atoms with Gasteiger partial charge in [0.25, 0.3) is 5.91 Å². The van der Waals surface area contributed by atoms with E-state index in [4.69, 9.17) is 17.0 Å². The lowest BCUT2D eigenvalue weighted by Gasteiger charge is -2.11. The van der Waals surface area contributed by atoms with Crippen molar-refractivity contribution in [1.82, 2.24) is 10.6 Å². The van der Waals surface area contributed by atoms with Crippen molar-refractivity contribution < 1.29 is 9.53 Å². The Bertz CT molecular complexity index is 602. The first-order chi connectivity index (χ1) is 9.51. The van der Waals surface area contributed by atoms with E-state index < -0.39 is 0 Å². The zero-order valence-electron chi connectivity index (χ0n) is 10.6. The minimum absolute atomic E-state index is 0.243. The number of nitrogens with one attached hydrogen (secondary N) is 2. The van der Waals surface area contributed by atoms with Gasteiger partial charge in [0.2, 0.25) is 0 Å². The van der Waals surface area contributed by atoms with Gasteiger partial charge in [0, 0.05) is 10.0 Å². The first-order valence-electron chi connectivity index (χ1n) is 5.97. The summed E-state index contributed by atoms with van der Waals surface area (Å²) in [6.07, 6.45) is 2.62. The number of rotatable bonds is 4. The molecule has 1 aliphatic rings. The second kappa shape index (κ2) is 6.69. The Hall–Kier alpha value is -0.920. The summed E-state index contributed by atoms with van der Waals surface area (Å²) in [6, 6.07) is 3.79. The third-order valence-corrected chi connectivity index (χ3v) is 3.76. The molecule has 0 aliphatic carbocycles. The van der Waals surface area contributed by atoms with Crippen molar-refractivity contribution in [3.05, 3.63) is 32.3 Å². The fourth-order valence-electron chi connectivity index (χ4n) is 1.68. The van der Waals surface area contributed by atoms with Gasteiger partial charge in [-0.2, -0.15) is 0 Å². The van der Waals surface area contributed by atoms with Gasteiger partial charge in [0.15, 0.2) is 5.11 Å². The van der Waals surface area contributed by atoms with Gasteiger partial charge in [-0.15, -0.1) is 0 Å². The van der Waals surface area contributed by atoms with Gasteiger partial charge in [-0.25, -0.2) is 0 Å². The zero-order chi connectivity index (χ0) is 14.7. The van der Waals surface area contributed by atoms with Crippen LogP contribution in [0.5, 0.6) is 5.75 Å². The smallest absolute Gasteiger partial charge is 0.273 e. The fraction of sp³-hybridized carbons (Fsp3) is 0.231. The number of ether oxygens (including phenoxy) is 1. The van der Waals surface area contributed by atoms with Crippen LogP contribution in [0.25, 0.3) is 6.08 Å². The lowest BCUT2D eigenvalue weighted by atomic mass is 10.1. The maximum absolute atomic E-state index is 11.7. The van der Waals surface area contributed by atoms with E-state index in [0.717, 1.165) is 20.9 Å². The van der Waals surface area contributed by atoms with Gasteiger partial charge in [0.1, 0.15) is 11.4 Å². The molecule has 20 heavy (non-hydrogen) atoms. The van der Waals surface area contributed by atoms with Crippen molar-refractivity contribution in [2.45, 2.75) is 13.3 Å². The van der Waals surface area contributed by atoms with E-state index in [0.29, 0.717) is 23.2 Å². The van der Waals surface area contributed by atoms with Gasteiger partial charge >= 0.3 is 0 Å². The molecule has 1 fully saturated rings. The van der Waals surface area contributed by atoms with E-state index in [2.05, 4.69) is 42.5 Å². The van der Waals surface area contributed by atoms with Crippen molar-refractivity contribution in [2.75, 3.05) is 6.61 Å². The molecular weight excluding hydrogens is 408 g/mol. The van der Waals surface area contributed by atoms with Crippen LogP contribution >= 0.6 is 44.1 Å². The quantitative estimate of drug-likeness (QED) is 0.580. The summed E-state index contributed by atoms with van der Waals surface area (Å²) >= 11 is 11.8. The lowest BCUT2D eigenvalue weighted by molar-refractivity contribution is -0.115. The average molecular weight is 420 g/mol. The molecule has 1 heterocycles. The monoisotopic (exact) mass is 418 g/mol. The largest absolute Gasteiger partial charge is 0.492 e. The number of hydrogen-bond acceptors (Lipinski definition) is 3. The third kappa shape index (κ3) is 3.59. The normalized spacial score (nSPS) is 16.2. The highest BCUT2D eigenvalue weighted by molar-refractivity contribution is 9.11. The van der Waals surface area contributed by atoms with Crippen molar-refractivity contribution in [3.8, 4) is 5.75 Å². The molecule has 1 aromatic carbocycles. The van der Waals surface area contributed by atoms with Crippen LogP contribution in [0.2, 0.25) is 0 Å². The maximum atomic E-state index is 11.7. The summed E-state index contributed by atoms with van der Waals surface area (Å²) in [6.45, 7) is 2.64. The molecule has 0 unspecified atom stereocenters.